The number of rotatable bonds is 3. The van der Waals surface area contributed by atoms with Gasteiger partial charge in [-0.05, 0) is 24.3 Å². The monoisotopic (exact) mass is 362 g/mol. The minimum absolute atomic E-state index is 0.0698. The molecule has 1 aliphatic heterocycles. The Morgan fingerprint density at radius 3 is 2.46 bits per heavy atom. The van der Waals surface area contributed by atoms with Crippen LogP contribution in [0.3, 0.4) is 0 Å². The van der Waals surface area contributed by atoms with Crippen molar-refractivity contribution < 1.29 is 27.8 Å². The van der Waals surface area contributed by atoms with Crippen LogP contribution in [-0.4, -0.2) is 43.0 Å². The number of fused-ring (bicyclic) bond motifs is 1. The molecule has 1 N–H and O–H groups in total. The molecule has 8 heteroatoms. The Hall–Kier alpha value is -3.16. The highest BCUT2D eigenvalue weighted by atomic mass is 19.1. The molecule has 2 aromatic rings. The number of amides is 2. The molecular weight excluding hydrogens is 346 g/mol. The molecular formula is C18H16F2N2O4. The lowest BCUT2D eigenvalue weighted by Gasteiger charge is -2.29. The van der Waals surface area contributed by atoms with Gasteiger partial charge >= 0.3 is 11.8 Å². The standard InChI is InChI=1S/C18H16F2N2O4/c1-22(9-11-10-25-14-7-2-3-8-15(14)26-11)18(24)17(23)21-16-12(19)5-4-6-13(16)20/h2-8,11H,9-10H2,1H3,(H,21,23)/t11-/m1/s1. The minimum atomic E-state index is -1.14. The molecule has 0 aliphatic carbocycles. The molecule has 26 heavy (non-hydrogen) atoms. The van der Waals surface area contributed by atoms with E-state index < -0.39 is 35.2 Å². The van der Waals surface area contributed by atoms with Crippen molar-refractivity contribution in [2.45, 2.75) is 6.10 Å². The van der Waals surface area contributed by atoms with Crippen LogP contribution in [0.25, 0.3) is 0 Å². The third-order valence-corrected chi connectivity index (χ3v) is 3.79. The average molecular weight is 362 g/mol. The molecule has 0 saturated carbocycles. The van der Waals surface area contributed by atoms with Crippen molar-refractivity contribution in [1.29, 1.82) is 0 Å². The summed E-state index contributed by atoms with van der Waals surface area (Å²) in [6, 6.07) is 10.2. The summed E-state index contributed by atoms with van der Waals surface area (Å²) >= 11 is 0. The van der Waals surface area contributed by atoms with Crippen LogP contribution in [0.5, 0.6) is 11.5 Å². The van der Waals surface area contributed by atoms with Crippen molar-refractivity contribution in [2.24, 2.45) is 0 Å². The molecule has 0 radical (unpaired) electrons. The Balaban J connectivity index is 1.60. The summed E-state index contributed by atoms with van der Waals surface area (Å²) in [6.07, 6.45) is -0.475. The Morgan fingerprint density at radius 1 is 1.12 bits per heavy atom. The van der Waals surface area contributed by atoms with E-state index in [0.29, 0.717) is 11.5 Å². The lowest BCUT2D eigenvalue weighted by molar-refractivity contribution is -0.143. The molecule has 0 spiro atoms. The lowest BCUT2D eigenvalue weighted by atomic mass is 10.2. The Kier molecular flexibility index (Phi) is 5.01. The topological polar surface area (TPSA) is 67.9 Å². The van der Waals surface area contributed by atoms with Crippen LogP contribution in [0, 0.1) is 11.6 Å². The molecule has 3 rings (SSSR count). The van der Waals surface area contributed by atoms with Crippen LogP contribution >= 0.6 is 0 Å². The van der Waals surface area contributed by atoms with E-state index in [1.165, 1.54) is 7.05 Å². The predicted molar refractivity (Wildman–Crippen MR) is 89.0 cm³/mol. The first-order valence-electron chi connectivity index (χ1n) is 7.84. The molecule has 2 aromatic carbocycles. The zero-order chi connectivity index (χ0) is 18.7. The molecule has 1 heterocycles. The first-order chi connectivity index (χ1) is 12.5. The summed E-state index contributed by atoms with van der Waals surface area (Å²) in [5, 5.41) is 1.96. The van der Waals surface area contributed by atoms with Crippen LogP contribution in [0.15, 0.2) is 42.5 Å². The largest absolute Gasteiger partial charge is 0.486 e. The number of hydrogen-bond donors (Lipinski definition) is 1. The average Bonchev–Trinajstić information content (AvgIpc) is 2.64. The fraction of sp³-hybridized carbons (Fsp3) is 0.222. The molecule has 0 bridgehead atoms. The summed E-state index contributed by atoms with van der Waals surface area (Å²) in [4.78, 5) is 25.3. The van der Waals surface area contributed by atoms with E-state index in [1.54, 1.807) is 18.2 Å². The molecule has 0 fully saturated rings. The van der Waals surface area contributed by atoms with E-state index in [-0.39, 0.29) is 13.2 Å². The van der Waals surface area contributed by atoms with Crippen molar-refractivity contribution in [3.63, 3.8) is 0 Å². The van der Waals surface area contributed by atoms with Gasteiger partial charge in [0.15, 0.2) is 17.6 Å². The molecule has 6 nitrogen and oxygen atoms in total. The number of nitrogens with zero attached hydrogens (tertiary/aromatic N) is 1. The van der Waals surface area contributed by atoms with Gasteiger partial charge in [-0.1, -0.05) is 18.2 Å². The van der Waals surface area contributed by atoms with Gasteiger partial charge in [0.2, 0.25) is 0 Å². The molecule has 0 saturated heterocycles. The van der Waals surface area contributed by atoms with Crippen LogP contribution in [-0.2, 0) is 9.59 Å². The Bertz CT molecular complexity index is 823. The van der Waals surface area contributed by atoms with Crippen molar-refractivity contribution >= 4 is 17.5 Å². The van der Waals surface area contributed by atoms with E-state index in [1.807, 2.05) is 11.4 Å². The predicted octanol–water partition coefficient (Wildman–Crippen LogP) is 2.20. The number of hydrogen-bond acceptors (Lipinski definition) is 4. The van der Waals surface area contributed by atoms with Gasteiger partial charge < -0.3 is 19.7 Å². The number of para-hydroxylation sites is 3. The van der Waals surface area contributed by atoms with Crippen LogP contribution in [0.4, 0.5) is 14.5 Å². The zero-order valence-corrected chi connectivity index (χ0v) is 13.9. The van der Waals surface area contributed by atoms with Crippen LogP contribution < -0.4 is 14.8 Å². The molecule has 2 amide bonds. The number of benzene rings is 2. The highest BCUT2D eigenvalue weighted by Crippen LogP contribution is 2.31. The van der Waals surface area contributed by atoms with Crippen molar-refractivity contribution in [1.82, 2.24) is 4.90 Å². The highest BCUT2D eigenvalue weighted by Gasteiger charge is 2.27. The molecule has 1 aliphatic rings. The van der Waals surface area contributed by atoms with E-state index in [4.69, 9.17) is 9.47 Å². The quantitative estimate of drug-likeness (QED) is 0.850. The maximum absolute atomic E-state index is 13.6. The van der Waals surface area contributed by atoms with Gasteiger partial charge in [0.05, 0.1) is 6.54 Å². The highest BCUT2D eigenvalue weighted by molar-refractivity contribution is 6.39. The fourth-order valence-corrected chi connectivity index (χ4v) is 2.50. The zero-order valence-electron chi connectivity index (χ0n) is 13.9. The second kappa shape index (κ2) is 7.38. The van der Waals surface area contributed by atoms with Gasteiger partial charge in [0.25, 0.3) is 0 Å². The van der Waals surface area contributed by atoms with Crippen LogP contribution in [0.1, 0.15) is 0 Å². The maximum atomic E-state index is 13.6. The number of anilines is 1. The first-order valence-corrected chi connectivity index (χ1v) is 7.84. The fourth-order valence-electron chi connectivity index (χ4n) is 2.50. The summed E-state index contributed by atoms with van der Waals surface area (Å²) in [7, 11) is 1.39. The normalized spacial score (nSPS) is 15.3. The van der Waals surface area contributed by atoms with E-state index in [2.05, 4.69) is 0 Å². The third-order valence-electron chi connectivity index (χ3n) is 3.79. The molecule has 0 unspecified atom stereocenters. The van der Waals surface area contributed by atoms with Crippen molar-refractivity contribution in [3.8, 4) is 11.5 Å². The number of carbonyl (C=O) groups is 2. The summed E-state index contributed by atoms with van der Waals surface area (Å²) < 4.78 is 38.4. The number of nitrogens with one attached hydrogen (secondary N) is 1. The van der Waals surface area contributed by atoms with Gasteiger partial charge in [-0.25, -0.2) is 8.78 Å². The lowest BCUT2D eigenvalue weighted by Crippen LogP contribution is -2.45. The smallest absolute Gasteiger partial charge is 0.314 e. The van der Waals surface area contributed by atoms with Gasteiger partial charge in [-0.15, -0.1) is 0 Å². The minimum Gasteiger partial charge on any atom is -0.486 e. The second-order valence-electron chi connectivity index (χ2n) is 5.73. The Labute approximate surface area is 148 Å². The van der Waals surface area contributed by atoms with Crippen molar-refractivity contribution in [3.05, 3.63) is 54.1 Å². The summed E-state index contributed by atoms with van der Waals surface area (Å²) in [5.74, 6) is -2.87. The van der Waals surface area contributed by atoms with Gasteiger partial charge in [0.1, 0.15) is 23.9 Å². The van der Waals surface area contributed by atoms with Gasteiger partial charge in [-0.2, -0.15) is 0 Å². The molecule has 0 aromatic heterocycles. The van der Waals surface area contributed by atoms with Gasteiger partial charge in [-0.3, -0.25) is 9.59 Å². The Morgan fingerprint density at radius 2 is 1.77 bits per heavy atom. The third kappa shape index (κ3) is 3.74. The molecule has 136 valence electrons. The first kappa shape index (κ1) is 17.7. The summed E-state index contributed by atoms with van der Waals surface area (Å²) in [6.45, 7) is 0.276. The van der Waals surface area contributed by atoms with Gasteiger partial charge in [0, 0.05) is 7.05 Å². The van der Waals surface area contributed by atoms with E-state index >= 15 is 0 Å². The number of carbonyl (C=O) groups excluding carboxylic acids is 2. The number of likely N-dealkylation sites (N-methyl/N-ethyl adjacent to an activating group) is 1. The number of halogens is 2. The summed E-state index contributed by atoms with van der Waals surface area (Å²) in [5.41, 5.74) is -0.662. The van der Waals surface area contributed by atoms with E-state index in [0.717, 1.165) is 23.1 Å². The number of ether oxygens (including phenoxy) is 2. The SMILES string of the molecule is CN(C[C@@H]1COc2ccccc2O1)C(=O)C(=O)Nc1c(F)cccc1F. The van der Waals surface area contributed by atoms with Crippen molar-refractivity contribution in [2.75, 3.05) is 25.5 Å². The second-order valence-corrected chi connectivity index (χ2v) is 5.73. The van der Waals surface area contributed by atoms with E-state index in [9.17, 15) is 18.4 Å². The van der Waals surface area contributed by atoms with Crippen LogP contribution in [0.2, 0.25) is 0 Å². The molecule has 1 atom stereocenters. The maximum Gasteiger partial charge on any atom is 0.314 e.